The molecule has 1 rings (SSSR count). The number of ketones is 1. The number of halogens is 1. The van der Waals surface area contributed by atoms with Crippen molar-refractivity contribution in [3.63, 3.8) is 0 Å². The van der Waals surface area contributed by atoms with Crippen LogP contribution in [-0.4, -0.2) is 5.78 Å². The van der Waals surface area contributed by atoms with Crippen molar-refractivity contribution in [1.29, 1.82) is 0 Å². The van der Waals surface area contributed by atoms with E-state index in [4.69, 9.17) is 0 Å². The van der Waals surface area contributed by atoms with Crippen LogP contribution in [0.5, 0.6) is 0 Å². The number of hydrogen-bond acceptors (Lipinski definition) is 1. The molecule has 0 saturated heterocycles. The van der Waals surface area contributed by atoms with E-state index in [1.54, 1.807) is 6.92 Å². The molecule has 0 bridgehead atoms. The smallest absolute Gasteiger partial charge is 0.132 e. The van der Waals surface area contributed by atoms with E-state index in [-0.39, 0.29) is 11.7 Å². The van der Waals surface area contributed by atoms with E-state index in [2.05, 4.69) is 40.2 Å². The Morgan fingerprint density at radius 1 is 1.29 bits per heavy atom. The standard InChI is InChI=1S/C12H15BrO/c1-9(10(2)14)7-11-3-5-12(8-13)6-4-11/h3-6,9H,7-8H2,1-2H3. The molecule has 1 unspecified atom stereocenters. The van der Waals surface area contributed by atoms with Crippen molar-refractivity contribution in [3.8, 4) is 0 Å². The molecule has 0 aliphatic carbocycles. The summed E-state index contributed by atoms with van der Waals surface area (Å²) >= 11 is 3.40. The van der Waals surface area contributed by atoms with Gasteiger partial charge >= 0.3 is 0 Å². The molecule has 14 heavy (non-hydrogen) atoms. The molecule has 1 aromatic carbocycles. The Morgan fingerprint density at radius 3 is 2.21 bits per heavy atom. The molecule has 0 fully saturated rings. The maximum Gasteiger partial charge on any atom is 0.132 e. The van der Waals surface area contributed by atoms with E-state index in [0.29, 0.717) is 0 Å². The van der Waals surface area contributed by atoms with Crippen LogP contribution >= 0.6 is 15.9 Å². The second kappa shape index (κ2) is 5.30. The van der Waals surface area contributed by atoms with Gasteiger partial charge in [-0.3, -0.25) is 4.79 Å². The van der Waals surface area contributed by atoms with Crippen LogP contribution in [0, 0.1) is 5.92 Å². The highest BCUT2D eigenvalue weighted by atomic mass is 79.9. The summed E-state index contributed by atoms with van der Waals surface area (Å²) in [4.78, 5) is 11.1. The third-order valence-electron chi connectivity index (χ3n) is 2.41. The summed E-state index contributed by atoms with van der Waals surface area (Å²) in [5.41, 5.74) is 2.50. The van der Waals surface area contributed by atoms with Gasteiger partial charge in [-0.05, 0) is 24.5 Å². The second-order valence-corrected chi connectivity index (χ2v) is 4.23. The number of rotatable bonds is 4. The summed E-state index contributed by atoms with van der Waals surface area (Å²) < 4.78 is 0. The summed E-state index contributed by atoms with van der Waals surface area (Å²) in [6, 6.07) is 8.37. The molecule has 0 radical (unpaired) electrons. The maximum absolute atomic E-state index is 11.1. The Kier molecular flexibility index (Phi) is 4.33. The van der Waals surface area contributed by atoms with E-state index in [1.807, 2.05) is 6.92 Å². The Balaban J connectivity index is 2.64. The molecule has 2 heteroatoms. The minimum Gasteiger partial charge on any atom is -0.300 e. The van der Waals surface area contributed by atoms with Gasteiger partial charge in [0.2, 0.25) is 0 Å². The second-order valence-electron chi connectivity index (χ2n) is 3.67. The molecule has 1 nitrogen and oxygen atoms in total. The molecule has 1 atom stereocenters. The normalized spacial score (nSPS) is 12.5. The van der Waals surface area contributed by atoms with Gasteiger partial charge in [-0.15, -0.1) is 0 Å². The van der Waals surface area contributed by atoms with Gasteiger partial charge in [-0.1, -0.05) is 47.1 Å². The largest absolute Gasteiger partial charge is 0.300 e. The summed E-state index contributed by atoms with van der Waals surface area (Å²) in [6.07, 6.45) is 0.845. The summed E-state index contributed by atoms with van der Waals surface area (Å²) in [7, 11) is 0. The van der Waals surface area contributed by atoms with Crippen LogP contribution in [0.2, 0.25) is 0 Å². The zero-order chi connectivity index (χ0) is 10.6. The lowest BCUT2D eigenvalue weighted by atomic mass is 9.97. The topological polar surface area (TPSA) is 17.1 Å². The van der Waals surface area contributed by atoms with Crippen molar-refractivity contribution in [2.75, 3.05) is 0 Å². The molecule has 0 saturated carbocycles. The quantitative estimate of drug-likeness (QED) is 0.754. The molecule has 0 spiro atoms. The predicted octanol–water partition coefficient (Wildman–Crippen LogP) is 3.35. The van der Waals surface area contributed by atoms with Crippen LogP contribution in [0.15, 0.2) is 24.3 Å². The van der Waals surface area contributed by atoms with Gasteiger partial charge in [0.05, 0.1) is 0 Å². The Labute approximate surface area is 93.7 Å². The first-order valence-corrected chi connectivity index (χ1v) is 5.90. The molecule has 0 aromatic heterocycles. The fourth-order valence-electron chi connectivity index (χ4n) is 1.26. The van der Waals surface area contributed by atoms with Crippen molar-refractivity contribution in [2.45, 2.75) is 25.6 Å². The molecule has 1 aromatic rings. The molecule has 0 amide bonds. The Morgan fingerprint density at radius 2 is 1.79 bits per heavy atom. The first kappa shape index (κ1) is 11.4. The fraction of sp³-hybridized carbons (Fsp3) is 0.417. The van der Waals surface area contributed by atoms with E-state index in [9.17, 15) is 4.79 Å². The van der Waals surface area contributed by atoms with Gasteiger partial charge in [0.1, 0.15) is 5.78 Å². The summed E-state index contributed by atoms with van der Waals surface area (Å²) in [6.45, 7) is 3.62. The first-order chi connectivity index (χ1) is 6.63. The number of benzene rings is 1. The minimum atomic E-state index is 0.129. The van der Waals surface area contributed by atoms with Crippen molar-refractivity contribution in [3.05, 3.63) is 35.4 Å². The van der Waals surface area contributed by atoms with Gasteiger partial charge in [0.25, 0.3) is 0 Å². The minimum absolute atomic E-state index is 0.129. The lowest BCUT2D eigenvalue weighted by Crippen LogP contribution is -2.09. The first-order valence-electron chi connectivity index (χ1n) is 4.77. The lowest BCUT2D eigenvalue weighted by molar-refractivity contribution is -0.120. The molecule has 0 aliphatic rings. The van der Waals surface area contributed by atoms with Crippen molar-refractivity contribution in [2.24, 2.45) is 5.92 Å². The third kappa shape index (κ3) is 3.26. The highest BCUT2D eigenvalue weighted by Gasteiger charge is 2.07. The zero-order valence-corrected chi connectivity index (χ0v) is 10.2. The van der Waals surface area contributed by atoms with Crippen LogP contribution < -0.4 is 0 Å². The SMILES string of the molecule is CC(=O)C(C)Cc1ccc(CBr)cc1. The van der Waals surface area contributed by atoms with E-state index in [0.717, 1.165) is 11.8 Å². The number of carbonyl (C=O) groups excluding carboxylic acids is 1. The van der Waals surface area contributed by atoms with Gasteiger partial charge in [-0.25, -0.2) is 0 Å². The predicted molar refractivity (Wildman–Crippen MR) is 62.6 cm³/mol. The highest BCUT2D eigenvalue weighted by Crippen LogP contribution is 2.12. The van der Waals surface area contributed by atoms with Crippen LogP contribution in [0.25, 0.3) is 0 Å². The van der Waals surface area contributed by atoms with Gasteiger partial charge < -0.3 is 0 Å². The molecular weight excluding hydrogens is 240 g/mol. The Hall–Kier alpha value is -0.630. The van der Waals surface area contributed by atoms with Gasteiger partial charge in [0, 0.05) is 11.2 Å². The third-order valence-corrected chi connectivity index (χ3v) is 3.06. The van der Waals surface area contributed by atoms with E-state index in [1.165, 1.54) is 11.1 Å². The van der Waals surface area contributed by atoms with E-state index >= 15 is 0 Å². The van der Waals surface area contributed by atoms with Crippen LogP contribution in [0.3, 0.4) is 0 Å². The fourth-order valence-corrected chi connectivity index (χ4v) is 1.64. The van der Waals surface area contributed by atoms with Crippen molar-refractivity contribution < 1.29 is 4.79 Å². The number of Topliss-reactive ketones (excluding diaryl/α,β-unsaturated/α-hetero) is 1. The lowest BCUT2D eigenvalue weighted by Gasteiger charge is -2.07. The van der Waals surface area contributed by atoms with Crippen LogP contribution in [-0.2, 0) is 16.5 Å². The average Bonchev–Trinajstić information content (AvgIpc) is 2.19. The number of carbonyl (C=O) groups is 1. The van der Waals surface area contributed by atoms with Crippen molar-refractivity contribution in [1.82, 2.24) is 0 Å². The van der Waals surface area contributed by atoms with Gasteiger partial charge in [-0.2, -0.15) is 0 Å². The molecule has 0 N–H and O–H groups in total. The maximum atomic E-state index is 11.1. The zero-order valence-electron chi connectivity index (χ0n) is 8.59. The number of hydrogen-bond donors (Lipinski definition) is 0. The van der Waals surface area contributed by atoms with Crippen LogP contribution in [0.4, 0.5) is 0 Å². The molecule has 0 heterocycles. The van der Waals surface area contributed by atoms with Gasteiger partial charge in [0.15, 0.2) is 0 Å². The molecule has 76 valence electrons. The van der Waals surface area contributed by atoms with Crippen molar-refractivity contribution >= 4 is 21.7 Å². The average molecular weight is 255 g/mol. The highest BCUT2D eigenvalue weighted by molar-refractivity contribution is 9.08. The summed E-state index contributed by atoms with van der Waals surface area (Å²) in [5.74, 6) is 0.388. The van der Waals surface area contributed by atoms with E-state index < -0.39 is 0 Å². The van der Waals surface area contributed by atoms with Crippen LogP contribution in [0.1, 0.15) is 25.0 Å². The molecular formula is C12H15BrO. The Bertz CT molecular complexity index is 303. The molecule has 0 aliphatic heterocycles. The summed E-state index contributed by atoms with van der Waals surface area (Å²) in [5, 5.41) is 0.884. The monoisotopic (exact) mass is 254 g/mol. The number of alkyl halides is 1.